The Bertz CT molecular complexity index is 1790. The molecule has 0 spiro atoms. The van der Waals surface area contributed by atoms with E-state index >= 15 is 0 Å². The van der Waals surface area contributed by atoms with Crippen molar-refractivity contribution in [1.29, 1.82) is 0 Å². The molecule has 1 aliphatic rings. The van der Waals surface area contributed by atoms with Crippen LogP contribution in [0.25, 0.3) is 0 Å². The van der Waals surface area contributed by atoms with E-state index in [1.165, 1.54) is 44.9 Å². The highest BCUT2D eigenvalue weighted by Crippen LogP contribution is 2.26. The lowest BCUT2D eigenvalue weighted by molar-refractivity contribution is -0.305. The van der Waals surface area contributed by atoms with E-state index in [4.69, 9.17) is 14.2 Å². The maximum atomic E-state index is 13.4. The first-order valence-electron chi connectivity index (χ1n) is 29.1. The summed E-state index contributed by atoms with van der Waals surface area (Å²) in [5, 5.41) is 56.7. The number of amides is 1. The lowest BCUT2D eigenvalue weighted by Crippen LogP contribution is -2.61. The summed E-state index contributed by atoms with van der Waals surface area (Å²) in [5.74, 6) is -1.36. The van der Waals surface area contributed by atoms with Crippen LogP contribution in [0.4, 0.5) is 0 Å². The molecule has 0 aromatic heterocycles. The first-order chi connectivity index (χ1) is 37.2. The predicted molar refractivity (Wildman–Crippen MR) is 314 cm³/mol. The molecule has 76 heavy (non-hydrogen) atoms. The van der Waals surface area contributed by atoms with Crippen molar-refractivity contribution >= 4 is 11.9 Å². The molecule has 8 unspecified atom stereocenters. The highest BCUT2D eigenvalue weighted by Gasteiger charge is 2.47. The zero-order valence-electron chi connectivity index (χ0n) is 47.1. The molecule has 0 bridgehead atoms. The van der Waals surface area contributed by atoms with Crippen LogP contribution in [0.3, 0.4) is 0 Å². The van der Waals surface area contributed by atoms with Gasteiger partial charge < -0.3 is 45.1 Å². The Morgan fingerprint density at radius 1 is 0.526 bits per heavy atom. The van der Waals surface area contributed by atoms with Crippen molar-refractivity contribution in [3.63, 3.8) is 0 Å². The molecule has 428 valence electrons. The standard InChI is InChI=1S/C65H103NO10/c1-4-7-10-13-16-19-22-25-27-29-31-32-34-37-40-43-46-49-52-58(69)64(73)66-56(57(68)51-48-45-42-39-36-24-21-18-15-12-9-6-3)55-74-65-63(62(72)61(71)59(54-67)75-65)76-60(70)53-50-47-44-41-38-35-33-30-28-26-23-20-17-14-11-8-5-2/h7-8,10-11,16-17,19-20,25-28,31-33,35,37,40-41,44,46,48-49,51,56-59,61-63,65,67-69,71-72H,4-6,9,12-15,18,21-24,29-30,34,36,38-39,42-43,45,47,50,52-55H2,1-3H3,(H,66,73)/b10-7-,11-8-,19-16-,20-17-,27-25-,28-26-,32-31-,35-33-,40-37-,44-41-,49-46-,51-48+. The molecular weight excluding hydrogens is 955 g/mol. The fraction of sp³-hybridized carbons (Fsp3) is 0.600. The van der Waals surface area contributed by atoms with E-state index in [1.54, 1.807) is 12.2 Å². The number of hydrogen-bond acceptors (Lipinski definition) is 10. The highest BCUT2D eigenvalue weighted by atomic mass is 16.7. The second kappa shape index (κ2) is 51.3. The van der Waals surface area contributed by atoms with Crippen LogP contribution >= 0.6 is 0 Å². The van der Waals surface area contributed by atoms with E-state index in [1.807, 2.05) is 30.4 Å². The molecule has 6 N–H and O–H groups in total. The average Bonchev–Trinajstić information content (AvgIpc) is 3.42. The third-order valence-corrected chi connectivity index (χ3v) is 12.5. The van der Waals surface area contributed by atoms with E-state index in [9.17, 15) is 35.1 Å². The van der Waals surface area contributed by atoms with Gasteiger partial charge in [-0.05, 0) is 96.3 Å². The van der Waals surface area contributed by atoms with Crippen LogP contribution in [0.2, 0.25) is 0 Å². The van der Waals surface area contributed by atoms with Crippen molar-refractivity contribution in [3.05, 3.63) is 146 Å². The molecule has 1 heterocycles. The average molecular weight is 1060 g/mol. The van der Waals surface area contributed by atoms with Crippen molar-refractivity contribution in [1.82, 2.24) is 5.32 Å². The second-order valence-corrected chi connectivity index (χ2v) is 19.3. The molecule has 8 atom stereocenters. The fourth-order valence-corrected chi connectivity index (χ4v) is 7.94. The number of hydrogen-bond donors (Lipinski definition) is 6. The zero-order valence-corrected chi connectivity index (χ0v) is 47.1. The fourth-order valence-electron chi connectivity index (χ4n) is 7.94. The molecule has 11 heteroatoms. The maximum Gasteiger partial charge on any atom is 0.306 e. The van der Waals surface area contributed by atoms with Gasteiger partial charge in [-0.25, -0.2) is 0 Å². The van der Waals surface area contributed by atoms with Crippen LogP contribution in [0.5, 0.6) is 0 Å². The van der Waals surface area contributed by atoms with Gasteiger partial charge in [0, 0.05) is 12.8 Å². The minimum atomic E-state index is -1.66. The van der Waals surface area contributed by atoms with Gasteiger partial charge in [0.05, 0.1) is 25.4 Å². The number of unbranched alkanes of at least 4 members (excludes halogenated alkanes) is 11. The summed E-state index contributed by atoms with van der Waals surface area (Å²) in [5.41, 5.74) is 0. The topological polar surface area (TPSA) is 175 Å². The number of carbonyl (C=O) groups is 2. The minimum Gasteiger partial charge on any atom is -0.454 e. The summed E-state index contributed by atoms with van der Waals surface area (Å²) in [6, 6.07) is -1.09. The molecule has 11 nitrogen and oxygen atoms in total. The van der Waals surface area contributed by atoms with Gasteiger partial charge in [0.2, 0.25) is 5.91 Å². The van der Waals surface area contributed by atoms with Gasteiger partial charge >= 0.3 is 5.97 Å². The molecule has 0 aromatic rings. The van der Waals surface area contributed by atoms with Gasteiger partial charge in [0.25, 0.3) is 0 Å². The van der Waals surface area contributed by atoms with Crippen molar-refractivity contribution in [3.8, 4) is 0 Å². The molecular formula is C65H103NO10. The van der Waals surface area contributed by atoms with Crippen LogP contribution in [-0.2, 0) is 23.8 Å². The molecule has 0 saturated carbocycles. The SMILES string of the molecule is CC/C=C\C/C=C\C/C=C\C/C=C\C/C=C\C/C=C\CC(O)C(=O)NC(COC1OC(CO)C(O)C(O)C1OC(=O)CCC/C=C\C/C=C\C/C=C\C/C=C\C/C=C\CC)C(O)/C=C/CCCCCCCCCCCC. The number of aliphatic hydroxyl groups excluding tert-OH is 5. The quantitative estimate of drug-likeness (QED) is 0.0196. The van der Waals surface area contributed by atoms with Crippen LogP contribution < -0.4 is 5.32 Å². The van der Waals surface area contributed by atoms with Gasteiger partial charge in [-0.1, -0.05) is 224 Å². The van der Waals surface area contributed by atoms with Crippen molar-refractivity contribution in [2.45, 2.75) is 237 Å². The summed E-state index contributed by atoms with van der Waals surface area (Å²) < 4.78 is 17.5. The first kappa shape index (κ1) is 69.6. The molecule has 0 aliphatic carbocycles. The van der Waals surface area contributed by atoms with Crippen LogP contribution in [0, 0.1) is 0 Å². The van der Waals surface area contributed by atoms with E-state index in [-0.39, 0.29) is 19.4 Å². The Morgan fingerprint density at radius 3 is 1.41 bits per heavy atom. The molecule has 0 radical (unpaired) electrons. The van der Waals surface area contributed by atoms with Crippen LogP contribution in [0.1, 0.15) is 188 Å². The summed E-state index contributed by atoms with van der Waals surface area (Å²) >= 11 is 0. The van der Waals surface area contributed by atoms with E-state index in [0.29, 0.717) is 19.3 Å². The third kappa shape index (κ3) is 39.0. The van der Waals surface area contributed by atoms with Crippen molar-refractivity contribution in [2.75, 3.05) is 13.2 Å². The summed E-state index contributed by atoms with van der Waals surface area (Å²) in [4.78, 5) is 26.4. The Hall–Kier alpha value is -4.46. The summed E-state index contributed by atoms with van der Waals surface area (Å²) in [6.45, 7) is 5.45. The Kier molecular flexibility index (Phi) is 47.0. The number of nitrogens with one attached hydrogen (secondary N) is 1. The van der Waals surface area contributed by atoms with Gasteiger partial charge in [-0.2, -0.15) is 0 Å². The monoisotopic (exact) mass is 1060 g/mol. The second-order valence-electron chi connectivity index (χ2n) is 19.3. The lowest BCUT2D eigenvalue weighted by atomic mass is 9.99. The Morgan fingerprint density at radius 2 is 0.947 bits per heavy atom. The molecule has 1 fully saturated rings. The number of esters is 1. The van der Waals surface area contributed by atoms with Gasteiger partial charge in [0.1, 0.15) is 24.4 Å². The number of carbonyl (C=O) groups excluding carboxylic acids is 2. The largest absolute Gasteiger partial charge is 0.454 e. The molecule has 0 aromatic carbocycles. The summed E-state index contributed by atoms with van der Waals surface area (Å²) in [6.07, 6.45) is 63.4. The number of rotatable bonds is 46. The molecule has 1 amide bonds. The number of ether oxygens (including phenoxy) is 3. The van der Waals surface area contributed by atoms with Crippen LogP contribution in [-0.4, -0.2) is 99.6 Å². The smallest absolute Gasteiger partial charge is 0.306 e. The maximum absolute atomic E-state index is 13.4. The molecule has 1 rings (SSSR count). The molecule has 1 saturated heterocycles. The summed E-state index contributed by atoms with van der Waals surface area (Å²) in [7, 11) is 0. The predicted octanol–water partition coefficient (Wildman–Crippen LogP) is 13.4. The zero-order chi connectivity index (χ0) is 55.4. The Balaban J connectivity index is 2.82. The minimum absolute atomic E-state index is 0.0274. The highest BCUT2D eigenvalue weighted by molar-refractivity contribution is 5.81. The number of allylic oxidation sites excluding steroid dienone is 22. The van der Waals surface area contributed by atoms with Crippen molar-refractivity contribution < 1.29 is 49.3 Å². The van der Waals surface area contributed by atoms with Gasteiger partial charge in [-0.3, -0.25) is 9.59 Å². The van der Waals surface area contributed by atoms with E-state index in [0.717, 1.165) is 89.9 Å². The van der Waals surface area contributed by atoms with Gasteiger partial charge in [-0.15, -0.1) is 0 Å². The van der Waals surface area contributed by atoms with Crippen LogP contribution in [0.15, 0.2) is 146 Å². The Labute approximate surface area is 460 Å². The first-order valence-corrected chi connectivity index (χ1v) is 29.1. The van der Waals surface area contributed by atoms with E-state index < -0.39 is 67.4 Å². The normalized spacial score (nSPS) is 20.2. The van der Waals surface area contributed by atoms with Gasteiger partial charge in [0.15, 0.2) is 12.4 Å². The lowest BCUT2D eigenvalue weighted by Gasteiger charge is -2.41. The molecule has 1 aliphatic heterocycles. The number of aliphatic hydroxyl groups is 5. The van der Waals surface area contributed by atoms with Crippen molar-refractivity contribution in [2.24, 2.45) is 0 Å². The third-order valence-electron chi connectivity index (χ3n) is 12.5. The van der Waals surface area contributed by atoms with E-state index in [2.05, 4.69) is 129 Å².